The SMILES string of the molecule is Cc1ccc2ncnc(N[C@@H](CC(C)C)C(=O)O)c2c1. The molecule has 0 amide bonds. The van der Waals surface area contributed by atoms with Crippen LogP contribution in [0.1, 0.15) is 25.8 Å². The predicted molar refractivity (Wildman–Crippen MR) is 78.8 cm³/mol. The van der Waals surface area contributed by atoms with E-state index >= 15 is 0 Å². The topological polar surface area (TPSA) is 75.1 Å². The molecule has 2 N–H and O–H groups in total. The van der Waals surface area contributed by atoms with Crippen molar-refractivity contribution in [2.75, 3.05) is 5.32 Å². The van der Waals surface area contributed by atoms with Crippen molar-refractivity contribution in [3.63, 3.8) is 0 Å². The van der Waals surface area contributed by atoms with Crippen molar-refractivity contribution in [1.82, 2.24) is 9.97 Å². The molecule has 1 heterocycles. The molecule has 0 unspecified atom stereocenters. The maximum atomic E-state index is 11.3. The number of aliphatic carboxylic acids is 1. The Morgan fingerprint density at radius 3 is 2.75 bits per heavy atom. The number of aromatic nitrogens is 2. The number of fused-ring (bicyclic) bond motifs is 1. The third-order valence-corrected chi connectivity index (χ3v) is 3.11. The number of nitrogens with one attached hydrogen (secondary N) is 1. The number of hydrogen-bond donors (Lipinski definition) is 2. The van der Waals surface area contributed by atoms with Gasteiger partial charge in [0.15, 0.2) is 0 Å². The second kappa shape index (κ2) is 5.86. The molecule has 0 aliphatic carbocycles. The van der Waals surface area contributed by atoms with Crippen molar-refractivity contribution >= 4 is 22.7 Å². The number of carboxylic acid groups (broad SMARTS) is 1. The van der Waals surface area contributed by atoms with Gasteiger partial charge in [-0.25, -0.2) is 14.8 Å². The molecule has 0 aliphatic rings. The average Bonchev–Trinajstić information content (AvgIpc) is 2.38. The number of anilines is 1. The summed E-state index contributed by atoms with van der Waals surface area (Å²) >= 11 is 0. The summed E-state index contributed by atoms with van der Waals surface area (Å²) < 4.78 is 0. The first kappa shape index (κ1) is 14.2. The summed E-state index contributed by atoms with van der Waals surface area (Å²) in [6, 6.07) is 5.21. The first-order chi connectivity index (χ1) is 9.47. The molecule has 0 fully saturated rings. The molecule has 2 rings (SSSR count). The lowest BCUT2D eigenvalue weighted by atomic mass is 10.0. The van der Waals surface area contributed by atoms with Crippen LogP contribution in [-0.2, 0) is 4.79 Å². The quantitative estimate of drug-likeness (QED) is 0.876. The van der Waals surface area contributed by atoms with E-state index in [2.05, 4.69) is 15.3 Å². The Kier molecular flexibility index (Phi) is 4.17. The van der Waals surface area contributed by atoms with E-state index < -0.39 is 12.0 Å². The fourth-order valence-corrected chi connectivity index (χ4v) is 2.14. The van der Waals surface area contributed by atoms with Crippen molar-refractivity contribution < 1.29 is 9.90 Å². The molecule has 5 heteroatoms. The van der Waals surface area contributed by atoms with Crippen LogP contribution in [0.4, 0.5) is 5.82 Å². The van der Waals surface area contributed by atoms with Gasteiger partial charge in [0.1, 0.15) is 18.2 Å². The number of benzene rings is 1. The second-order valence-corrected chi connectivity index (χ2v) is 5.41. The first-order valence-corrected chi connectivity index (χ1v) is 6.68. The van der Waals surface area contributed by atoms with E-state index in [1.807, 2.05) is 39.0 Å². The molecule has 2 aromatic rings. The van der Waals surface area contributed by atoms with E-state index in [0.29, 0.717) is 18.2 Å². The van der Waals surface area contributed by atoms with Gasteiger partial charge in [-0.3, -0.25) is 0 Å². The highest BCUT2D eigenvalue weighted by Gasteiger charge is 2.20. The van der Waals surface area contributed by atoms with Crippen molar-refractivity contribution in [3.8, 4) is 0 Å². The standard InChI is InChI=1S/C15H19N3O2/c1-9(2)6-13(15(19)20)18-14-11-7-10(3)4-5-12(11)16-8-17-14/h4-5,7-9,13H,6H2,1-3H3,(H,19,20)(H,16,17,18)/t13-/m0/s1. The zero-order chi connectivity index (χ0) is 14.7. The highest BCUT2D eigenvalue weighted by molar-refractivity contribution is 5.91. The minimum absolute atomic E-state index is 0.290. The van der Waals surface area contributed by atoms with E-state index in [9.17, 15) is 9.90 Å². The summed E-state index contributed by atoms with van der Waals surface area (Å²) in [5, 5.41) is 13.2. The summed E-state index contributed by atoms with van der Waals surface area (Å²) in [6.07, 6.45) is 2.00. The smallest absolute Gasteiger partial charge is 0.326 e. The van der Waals surface area contributed by atoms with Gasteiger partial charge in [-0.1, -0.05) is 25.5 Å². The summed E-state index contributed by atoms with van der Waals surface area (Å²) in [5.41, 5.74) is 1.90. The van der Waals surface area contributed by atoms with E-state index in [1.54, 1.807) is 0 Å². The van der Waals surface area contributed by atoms with E-state index in [0.717, 1.165) is 16.5 Å². The molecule has 20 heavy (non-hydrogen) atoms. The van der Waals surface area contributed by atoms with Gasteiger partial charge >= 0.3 is 5.97 Å². The van der Waals surface area contributed by atoms with Crippen molar-refractivity contribution in [1.29, 1.82) is 0 Å². The Morgan fingerprint density at radius 2 is 2.10 bits per heavy atom. The van der Waals surface area contributed by atoms with Crippen LogP contribution in [-0.4, -0.2) is 27.1 Å². The van der Waals surface area contributed by atoms with Crippen molar-refractivity contribution in [2.24, 2.45) is 5.92 Å². The summed E-state index contributed by atoms with van der Waals surface area (Å²) in [4.78, 5) is 19.7. The molecule has 1 aromatic carbocycles. The van der Waals surface area contributed by atoms with Crippen LogP contribution >= 0.6 is 0 Å². The fourth-order valence-electron chi connectivity index (χ4n) is 2.14. The maximum Gasteiger partial charge on any atom is 0.326 e. The van der Waals surface area contributed by atoms with Gasteiger partial charge in [0, 0.05) is 5.39 Å². The summed E-state index contributed by atoms with van der Waals surface area (Å²) in [6.45, 7) is 5.98. The van der Waals surface area contributed by atoms with Gasteiger partial charge < -0.3 is 10.4 Å². The number of hydrogen-bond acceptors (Lipinski definition) is 4. The van der Waals surface area contributed by atoms with Crippen LogP contribution in [0.2, 0.25) is 0 Å². The molecule has 5 nitrogen and oxygen atoms in total. The molecule has 0 bridgehead atoms. The largest absolute Gasteiger partial charge is 0.480 e. The van der Waals surface area contributed by atoms with Gasteiger partial charge in [0.25, 0.3) is 0 Å². The van der Waals surface area contributed by atoms with Crippen LogP contribution in [0, 0.1) is 12.8 Å². The van der Waals surface area contributed by atoms with Crippen LogP contribution in [0.25, 0.3) is 10.9 Å². The van der Waals surface area contributed by atoms with Gasteiger partial charge in [0.2, 0.25) is 0 Å². The van der Waals surface area contributed by atoms with Gasteiger partial charge in [-0.2, -0.15) is 0 Å². The van der Waals surface area contributed by atoms with Gasteiger partial charge in [0.05, 0.1) is 5.52 Å². The number of rotatable bonds is 5. The van der Waals surface area contributed by atoms with Crippen LogP contribution in [0.3, 0.4) is 0 Å². The molecular formula is C15H19N3O2. The lowest BCUT2D eigenvalue weighted by Gasteiger charge is -2.18. The molecule has 106 valence electrons. The minimum atomic E-state index is -0.863. The fraction of sp³-hybridized carbons (Fsp3) is 0.400. The number of carboxylic acids is 1. The molecule has 0 spiro atoms. The summed E-state index contributed by atoms with van der Waals surface area (Å²) in [5.74, 6) is 0.00306. The molecule has 0 aliphatic heterocycles. The molecule has 0 radical (unpaired) electrons. The van der Waals surface area contributed by atoms with Crippen molar-refractivity contribution in [2.45, 2.75) is 33.2 Å². The Hall–Kier alpha value is -2.17. The third-order valence-electron chi connectivity index (χ3n) is 3.11. The minimum Gasteiger partial charge on any atom is -0.480 e. The molecule has 1 atom stereocenters. The monoisotopic (exact) mass is 273 g/mol. The summed E-state index contributed by atoms with van der Waals surface area (Å²) in [7, 11) is 0. The lowest BCUT2D eigenvalue weighted by Crippen LogP contribution is -2.31. The highest BCUT2D eigenvalue weighted by atomic mass is 16.4. The number of nitrogens with zero attached hydrogens (tertiary/aromatic N) is 2. The van der Waals surface area contributed by atoms with Crippen molar-refractivity contribution in [3.05, 3.63) is 30.1 Å². The Bertz CT molecular complexity index is 626. The Balaban J connectivity index is 2.36. The maximum absolute atomic E-state index is 11.3. The second-order valence-electron chi connectivity index (χ2n) is 5.41. The van der Waals surface area contributed by atoms with Gasteiger partial charge in [-0.05, 0) is 31.4 Å². The molecule has 1 aromatic heterocycles. The highest BCUT2D eigenvalue weighted by Crippen LogP contribution is 2.22. The lowest BCUT2D eigenvalue weighted by molar-refractivity contribution is -0.138. The Morgan fingerprint density at radius 1 is 1.35 bits per heavy atom. The first-order valence-electron chi connectivity index (χ1n) is 6.68. The van der Waals surface area contributed by atoms with Crippen LogP contribution in [0.15, 0.2) is 24.5 Å². The van der Waals surface area contributed by atoms with E-state index in [4.69, 9.17) is 0 Å². The van der Waals surface area contributed by atoms with E-state index in [1.165, 1.54) is 6.33 Å². The molecular weight excluding hydrogens is 254 g/mol. The van der Waals surface area contributed by atoms with E-state index in [-0.39, 0.29) is 0 Å². The van der Waals surface area contributed by atoms with Gasteiger partial charge in [-0.15, -0.1) is 0 Å². The average molecular weight is 273 g/mol. The number of carbonyl (C=O) groups is 1. The normalized spacial score (nSPS) is 12.6. The van der Waals surface area contributed by atoms with Crippen LogP contribution < -0.4 is 5.32 Å². The number of aryl methyl sites for hydroxylation is 1. The molecule has 0 saturated heterocycles. The zero-order valence-corrected chi connectivity index (χ0v) is 11.9. The third kappa shape index (κ3) is 3.23. The molecule has 0 saturated carbocycles. The van der Waals surface area contributed by atoms with Crippen LogP contribution in [0.5, 0.6) is 0 Å². The predicted octanol–water partition coefficient (Wildman–Crippen LogP) is 2.85. The Labute approximate surface area is 118 Å². The zero-order valence-electron chi connectivity index (χ0n) is 11.9.